The SMILES string of the molecule is Cc1c(O)c(=O)ccn1CC(=O)N1CCc2ccc(Cl)cc21. The lowest BCUT2D eigenvalue weighted by Crippen LogP contribution is -2.32. The minimum atomic E-state index is -0.445. The summed E-state index contributed by atoms with van der Waals surface area (Å²) < 4.78 is 1.57. The number of benzene rings is 1. The number of carbonyl (C=O) groups is 1. The van der Waals surface area contributed by atoms with Gasteiger partial charge in [0.05, 0.1) is 5.69 Å². The second-order valence-corrected chi connectivity index (χ2v) is 5.75. The second kappa shape index (κ2) is 5.50. The third-order valence-electron chi connectivity index (χ3n) is 3.96. The zero-order chi connectivity index (χ0) is 15.9. The van der Waals surface area contributed by atoms with Crippen LogP contribution in [-0.4, -0.2) is 22.1 Å². The van der Waals surface area contributed by atoms with E-state index in [2.05, 4.69) is 0 Å². The Morgan fingerprint density at radius 1 is 1.36 bits per heavy atom. The van der Waals surface area contributed by atoms with Crippen molar-refractivity contribution in [2.75, 3.05) is 11.4 Å². The molecule has 5 nitrogen and oxygen atoms in total. The molecule has 0 fully saturated rings. The van der Waals surface area contributed by atoms with Crippen molar-refractivity contribution in [2.24, 2.45) is 0 Å². The highest BCUT2D eigenvalue weighted by Crippen LogP contribution is 2.31. The van der Waals surface area contributed by atoms with E-state index in [1.54, 1.807) is 22.5 Å². The number of fused-ring (bicyclic) bond motifs is 1. The molecule has 1 amide bonds. The number of pyridine rings is 1. The number of rotatable bonds is 2. The number of halogens is 1. The van der Waals surface area contributed by atoms with E-state index >= 15 is 0 Å². The molecule has 0 bridgehead atoms. The van der Waals surface area contributed by atoms with Crippen molar-refractivity contribution in [1.82, 2.24) is 4.57 Å². The molecule has 2 heterocycles. The van der Waals surface area contributed by atoms with Gasteiger partial charge < -0.3 is 14.6 Å². The average Bonchev–Trinajstić information content (AvgIpc) is 2.91. The van der Waals surface area contributed by atoms with Crippen molar-refractivity contribution in [3.63, 3.8) is 0 Å². The van der Waals surface area contributed by atoms with Crippen LogP contribution in [0.5, 0.6) is 5.75 Å². The van der Waals surface area contributed by atoms with Gasteiger partial charge in [-0.05, 0) is 31.0 Å². The predicted octanol–water partition coefficient (Wildman–Crippen LogP) is 2.11. The first kappa shape index (κ1) is 14.7. The molecule has 0 unspecified atom stereocenters. The molecule has 1 aliphatic heterocycles. The van der Waals surface area contributed by atoms with Gasteiger partial charge in [-0.25, -0.2) is 0 Å². The van der Waals surface area contributed by atoms with Gasteiger partial charge in [0, 0.05) is 29.5 Å². The minimum Gasteiger partial charge on any atom is -0.503 e. The minimum absolute atomic E-state index is 0.0611. The van der Waals surface area contributed by atoms with Gasteiger partial charge in [0.25, 0.3) is 0 Å². The standard InChI is InChI=1S/C16H15ClN2O3/c1-10-16(22)14(20)5-6-18(10)9-15(21)19-7-4-11-2-3-12(17)8-13(11)19/h2-3,5-6,8,22H,4,7,9H2,1H3. The van der Waals surface area contributed by atoms with Crippen LogP contribution in [0, 0.1) is 6.92 Å². The number of amides is 1. The van der Waals surface area contributed by atoms with Crippen molar-refractivity contribution in [3.05, 3.63) is 57.0 Å². The molecule has 1 aliphatic rings. The number of hydrogen-bond donors (Lipinski definition) is 1. The Kier molecular flexibility index (Phi) is 3.66. The zero-order valence-electron chi connectivity index (χ0n) is 12.0. The Morgan fingerprint density at radius 2 is 2.14 bits per heavy atom. The number of aromatic nitrogens is 1. The van der Waals surface area contributed by atoms with Crippen molar-refractivity contribution in [1.29, 1.82) is 0 Å². The average molecular weight is 319 g/mol. The third-order valence-corrected chi connectivity index (χ3v) is 4.20. The molecule has 3 rings (SSSR count). The maximum atomic E-state index is 12.5. The van der Waals surface area contributed by atoms with E-state index in [0.29, 0.717) is 17.3 Å². The fourth-order valence-electron chi connectivity index (χ4n) is 2.68. The summed E-state index contributed by atoms with van der Waals surface area (Å²) in [7, 11) is 0. The molecule has 114 valence electrons. The van der Waals surface area contributed by atoms with Crippen molar-refractivity contribution < 1.29 is 9.90 Å². The monoisotopic (exact) mass is 318 g/mol. The van der Waals surface area contributed by atoms with Crippen LogP contribution >= 0.6 is 11.6 Å². The number of anilines is 1. The van der Waals surface area contributed by atoms with Gasteiger partial charge in [0.15, 0.2) is 5.75 Å². The Hall–Kier alpha value is -2.27. The zero-order valence-corrected chi connectivity index (χ0v) is 12.8. The first-order valence-corrected chi connectivity index (χ1v) is 7.33. The van der Waals surface area contributed by atoms with Crippen LogP contribution in [0.15, 0.2) is 35.3 Å². The maximum absolute atomic E-state index is 12.5. The second-order valence-electron chi connectivity index (χ2n) is 5.31. The molecule has 0 saturated carbocycles. The number of aromatic hydroxyl groups is 1. The molecule has 1 aromatic heterocycles. The van der Waals surface area contributed by atoms with Crippen LogP contribution in [0.1, 0.15) is 11.3 Å². The largest absolute Gasteiger partial charge is 0.503 e. The van der Waals surface area contributed by atoms with Gasteiger partial charge in [-0.15, -0.1) is 0 Å². The highest BCUT2D eigenvalue weighted by Gasteiger charge is 2.25. The fraction of sp³-hybridized carbons (Fsp3) is 0.250. The first-order valence-electron chi connectivity index (χ1n) is 6.95. The van der Waals surface area contributed by atoms with Gasteiger partial charge in [0.1, 0.15) is 6.54 Å². The van der Waals surface area contributed by atoms with Crippen LogP contribution in [-0.2, 0) is 17.8 Å². The molecule has 0 radical (unpaired) electrons. The molecule has 0 spiro atoms. The maximum Gasteiger partial charge on any atom is 0.246 e. The molecular weight excluding hydrogens is 304 g/mol. The lowest BCUT2D eigenvalue weighted by Gasteiger charge is -2.19. The Balaban J connectivity index is 1.87. The van der Waals surface area contributed by atoms with E-state index in [0.717, 1.165) is 17.7 Å². The van der Waals surface area contributed by atoms with Crippen molar-refractivity contribution >= 4 is 23.2 Å². The van der Waals surface area contributed by atoms with Crippen molar-refractivity contribution in [3.8, 4) is 5.75 Å². The van der Waals surface area contributed by atoms with E-state index in [1.807, 2.05) is 12.1 Å². The van der Waals surface area contributed by atoms with Gasteiger partial charge in [0.2, 0.25) is 11.3 Å². The molecule has 0 atom stereocenters. The number of nitrogens with zero attached hydrogens (tertiary/aromatic N) is 2. The van der Waals surface area contributed by atoms with E-state index in [1.165, 1.54) is 12.3 Å². The molecule has 1 N–H and O–H groups in total. The molecule has 2 aromatic rings. The van der Waals surface area contributed by atoms with Crippen LogP contribution in [0.3, 0.4) is 0 Å². The molecular formula is C16H15ClN2O3. The Morgan fingerprint density at radius 3 is 2.91 bits per heavy atom. The summed E-state index contributed by atoms with van der Waals surface area (Å²) in [6, 6.07) is 6.79. The summed E-state index contributed by atoms with van der Waals surface area (Å²) in [6.45, 7) is 2.28. The molecule has 22 heavy (non-hydrogen) atoms. The predicted molar refractivity (Wildman–Crippen MR) is 84.6 cm³/mol. The van der Waals surface area contributed by atoms with Crippen LogP contribution in [0.25, 0.3) is 0 Å². The summed E-state index contributed by atoms with van der Waals surface area (Å²) in [5.41, 5.74) is 1.86. The highest BCUT2D eigenvalue weighted by atomic mass is 35.5. The first-order chi connectivity index (χ1) is 10.5. The lowest BCUT2D eigenvalue weighted by atomic mass is 10.2. The van der Waals surface area contributed by atoms with Crippen LogP contribution in [0.4, 0.5) is 5.69 Å². The molecule has 6 heteroatoms. The van der Waals surface area contributed by atoms with Crippen LogP contribution in [0.2, 0.25) is 5.02 Å². The summed E-state index contributed by atoms with van der Waals surface area (Å²) in [5, 5.41) is 10.3. The smallest absolute Gasteiger partial charge is 0.246 e. The summed E-state index contributed by atoms with van der Waals surface area (Å²) in [6.07, 6.45) is 2.32. The number of hydrogen-bond acceptors (Lipinski definition) is 3. The van der Waals surface area contributed by atoms with Crippen molar-refractivity contribution in [2.45, 2.75) is 19.9 Å². The summed E-state index contributed by atoms with van der Waals surface area (Å²) in [5.74, 6) is -0.424. The highest BCUT2D eigenvalue weighted by molar-refractivity contribution is 6.31. The van der Waals surface area contributed by atoms with E-state index in [9.17, 15) is 14.7 Å². The van der Waals surface area contributed by atoms with Gasteiger partial charge in [-0.2, -0.15) is 0 Å². The van der Waals surface area contributed by atoms with Gasteiger partial charge in [-0.1, -0.05) is 17.7 Å². The third kappa shape index (κ3) is 2.48. The molecule has 0 aliphatic carbocycles. The Bertz CT molecular complexity index is 814. The van der Waals surface area contributed by atoms with E-state index in [-0.39, 0.29) is 18.2 Å². The molecule has 0 saturated heterocycles. The van der Waals surface area contributed by atoms with E-state index in [4.69, 9.17) is 11.6 Å². The molecule has 1 aromatic carbocycles. The topological polar surface area (TPSA) is 62.5 Å². The summed E-state index contributed by atoms with van der Waals surface area (Å²) in [4.78, 5) is 25.6. The normalized spacial score (nSPS) is 13.3. The van der Waals surface area contributed by atoms with Gasteiger partial charge >= 0.3 is 0 Å². The quantitative estimate of drug-likeness (QED) is 0.922. The fourth-order valence-corrected chi connectivity index (χ4v) is 2.84. The summed E-state index contributed by atoms with van der Waals surface area (Å²) >= 11 is 6.01. The van der Waals surface area contributed by atoms with Gasteiger partial charge in [-0.3, -0.25) is 9.59 Å². The Labute approximate surface area is 132 Å². The van der Waals surface area contributed by atoms with Crippen LogP contribution < -0.4 is 10.3 Å². The lowest BCUT2D eigenvalue weighted by molar-refractivity contribution is -0.119. The van der Waals surface area contributed by atoms with E-state index < -0.39 is 5.43 Å². The number of carbonyl (C=O) groups excluding carboxylic acids is 1.